The topological polar surface area (TPSA) is 42.6 Å². The number of nitrogens with zero attached hydrogens (tertiary/aromatic N) is 2. The molecule has 2 aromatic carbocycles. The van der Waals surface area contributed by atoms with Gasteiger partial charge in [-0.05, 0) is 73.6 Å². The first kappa shape index (κ1) is 21.1. The number of allylic oxidation sites excluding steroid dienone is 1. The molecule has 3 aliphatic heterocycles. The van der Waals surface area contributed by atoms with E-state index in [4.69, 9.17) is 11.6 Å². The summed E-state index contributed by atoms with van der Waals surface area (Å²) < 4.78 is 0. The molecular weight excluding hydrogens is 430 g/mol. The first-order valence-electron chi connectivity index (χ1n) is 12.3. The monoisotopic (exact) mass is 461 g/mol. The summed E-state index contributed by atoms with van der Waals surface area (Å²) >= 11 is 6.28. The fraction of sp³-hybridized carbons (Fsp3) is 0.407. The number of halogens is 1. The Morgan fingerprint density at radius 1 is 1.06 bits per heavy atom. The van der Waals surface area contributed by atoms with Crippen LogP contribution in [0.3, 0.4) is 0 Å². The molecule has 0 aromatic heterocycles. The molecule has 0 amide bonds. The number of benzene rings is 2. The number of anilines is 1. The summed E-state index contributed by atoms with van der Waals surface area (Å²) in [6.45, 7) is 5.33. The number of rotatable bonds is 4. The van der Waals surface area contributed by atoms with Gasteiger partial charge in [-0.15, -0.1) is 5.53 Å². The van der Waals surface area contributed by atoms with Crippen LogP contribution < -0.4 is 16.3 Å². The zero-order valence-corrected chi connectivity index (χ0v) is 20.0. The van der Waals surface area contributed by atoms with Gasteiger partial charge in [0.1, 0.15) is 0 Å². The highest BCUT2D eigenvalue weighted by Gasteiger charge is 2.31. The largest absolute Gasteiger partial charge is 0.378 e. The van der Waals surface area contributed by atoms with E-state index in [1.165, 1.54) is 59.5 Å². The Labute approximate surface area is 201 Å². The van der Waals surface area contributed by atoms with Gasteiger partial charge in [0.25, 0.3) is 0 Å². The minimum absolute atomic E-state index is 0.210. The van der Waals surface area contributed by atoms with Crippen LogP contribution in [0.25, 0.3) is 11.3 Å². The number of hydrogen-bond donors (Lipinski definition) is 3. The second-order valence-electron chi connectivity index (χ2n) is 9.72. The standard InChI is InChI=1S/C27H32ClN5/c1-18-27-24-9-8-20(19-10-13-32(14-11-19)23-6-3-7-23)16-25(24)26(12-15-33(27)31-30-18)29-22-5-2-4-21(28)17-22/h2,4-5,8-10,16-17,23,26,29-31H,3,6-7,11-15H2,1H3. The van der Waals surface area contributed by atoms with Crippen LogP contribution in [0.2, 0.25) is 5.02 Å². The first-order valence-corrected chi connectivity index (χ1v) is 12.6. The van der Waals surface area contributed by atoms with Gasteiger partial charge in [0.2, 0.25) is 0 Å². The summed E-state index contributed by atoms with van der Waals surface area (Å²) in [7, 11) is 0. The maximum atomic E-state index is 6.28. The predicted molar refractivity (Wildman–Crippen MR) is 136 cm³/mol. The van der Waals surface area contributed by atoms with Crippen LogP contribution in [0.15, 0.2) is 54.2 Å². The molecule has 6 heteroatoms. The lowest BCUT2D eigenvalue weighted by molar-refractivity contribution is 0.141. The lowest BCUT2D eigenvalue weighted by Crippen LogP contribution is -2.42. The molecular formula is C27H32ClN5. The molecule has 4 aliphatic rings. The first-order chi connectivity index (χ1) is 16.2. The summed E-state index contributed by atoms with van der Waals surface area (Å²) in [5, 5.41) is 6.78. The number of hydrazine groups is 2. The second-order valence-corrected chi connectivity index (χ2v) is 10.2. The summed E-state index contributed by atoms with van der Waals surface area (Å²) in [6.07, 6.45) is 8.76. The zero-order chi connectivity index (χ0) is 22.4. The van der Waals surface area contributed by atoms with Gasteiger partial charge in [-0.1, -0.05) is 42.3 Å². The molecule has 1 unspecified atom stereocenters. The van der Waals surface area contributed by atoms with Crippen LogP contribution in [0.4, 0.5) is 5.69 Å². The molecule has 6 rings (SSSR count). The molecule has 0 radical (unpaired) electrons. The Morgan fingerprint density at radius 2 is 1.97 bits per heavy atom. The van der Waals surface area contributed by atoms with Crippen molar-refractivity contribution in [3.63, 3.8) is 0 Å². The van der Waals surface area contributed by atoms with E-state index >= 15 is 0 Å². The van der Waals surface area contributed by atoms with Crippen molar-refractivity contribution in [3.05, 3.63) is 76.0 Å². The summed E-state index contributed by atoms with van der Waals surface area (Å²) in [4.78, 5) is 2.67. The SMILES string of the molecule is CC1=C2c3ccc(C4=CCN(C5CCC5)CC4)cc3C(Nc3cccc(Cl)c3)CCN2NN1. The van der Waals surface area contributed by atoms with Crippen molar-refractivity contribution in [1.29, 1.82) is 0 Å². The van der Waals surface area contributed by atoms with Gasteiger partial charge in [0.05, 0.1) is 17.4 Å². The smallest absolute Gasteiger partial charge is 0.0814 e. The Kier molecular flexibility index (Phi) is 5.57. The van der Waals surface area contributed by atoms with E-state index in [1.54, 1.807) is 0 Å². The van der Waals surface area contributed by atoms with Crippen LogP contribution in [-0.4, -0.2) is 35.6 Å². The third-order valence-electron chi connectivity index (χ3n) is 7.69. The van der Waals surface area contributed by atoms with E-state index in [0.717, 1.165) is 42.7 Å². The molecule has 5 nitrogen and oxygen atoms in total. The van der Waals surface area contributed by atoms with Crippen molar-refractivity contribution in [2.45, 2.75) is 51.1 Å². The minimum Gasteiger partial charge on any atom is -0.378 e. The Morgan fingerprint density at radius 3 is 2.73 bits per heavy atom. The van der Waals surface area contributed by atoms with Crippen molar-refractivity contribution >= 4 is 28.6 Å². The summed E-state index contributed by atoms with van der Waals surface area (Å²) in [5.74, 6) is 0. The molecule has 3 N–H and O–H groups in total. The van der Waals surface area contributed by atoms with Gasteiger partial charge in [-0.3, -0.25) is 9.91 Å². The molecule has 2 aromatic rings. The molecule has 1 atom stereocenters. The van der Waals surface area contributed by atoms with Crippen molar-refractivity contribution in [3.8, 4) is 0 Å². The van der Waals surface area contributed by atoms with E-state index in [1.807, 2.05) is 18.2 Å². The number of fused-ring (bicyclic) bond motifs is 3. The quantitative estimate of drug-likeness (QED) is 0.556. The minimum atomic E-state index is 0.210. The van der Waals surface area contributed by atoms with Crippen LogP contribution in [0.1, 0.15) is 61.8 Å². The van der Waals surface area contributed by atoms with Gasteiger partial charge in [0, 0.05) is 41.9 Å². The average molecular weight is 462 g/mol. The van der Waals surface area contributed by atoms with Crippen LogP contribution >= 0.6 is 11.6 Å². The zero-order valence-electron chi connectivity index (χ0n) is 19.2. The lowest BCUT2D eigenvalue weighted by atomic mass is 9.88. The van der Waals surface area contributed by atoms with Crippen LogP contribution in [-0.2, 0) is 0 Å². The van der Waals surface area contributed by atoms with Crippen molar-refractivity contribution < 1.29 is 0 Å². The van der Waals surface area contributed by atoms with Gasteiger partial charge >= 0.3 is 0 Å². The average Bonchev–Trinajstić information content (AvgIpc) is 3.08. The molecule has 0 bridgehead atoms. The highest BCUT2D eigenvalue weighted by atomic mass is 35.5. The summed E-state index contributed by atoms with van der Waals surface area (Å²) in [5.41, 5.74) is 15.6. The molecule has 1 saturated carbocycles. The van der Waals surface area contributed by atoms with Crippen molar-refractivity contribution in [2.75, 3.05) is 25.0 Å². The molecule has 172 valence electrons. The normalized spacial score (nSPS) is 23.3. The fourth-order valence-corrected chi connectivity index (χ4v) is 5.81. The molecule has 33 heavy (non-hydrogen) atoms. The Balaban J connectivity index is 1.35. The van der Waals surface area contributed by atoms with Crippen molar-refractivity contribution in [2.24, 2.45) is 0 Å². The second kappa shape index (κ2) is 8.71. The number of hydrogen-bond acceptors (Lipinski definition) is 5. The van der Waals surface area contributed by atoms with Crippen LogP contribution in [0.5, 0.6) is 0 Å². The molecule has 1 fully saturated rings. The van der Waals surface area contributed by atoms with Gasteiger partial charge in [-0.2, -0.15) is 0 Å². The number of nitrogens with one attached hydrogen (secondary N) is 3. The highest BCUT2D eigenvalue weighted by Crippen LogP contribution is 2.39. The fourth-order valence-electron chi connectivity index (χ4n) is 5.62. The van der Waals surface area contributed by atoms with Gasteiger partial charge in [0.15, 0.2) is 0 Å². The molecule has 1 aliphatic carbocycles. The predicted octanol–water partition coefficient (Wildman–Crippen LogP) is 5.55. The Bertz CT molecular complexity index is 1120. The highest BCUT2D eigenvalue weighted by molar-refractivity contribution is 6.30. The molecule has 3 heterocycles. The van der Waals surface area contributed by atoms with Crippen LogP contribution in [0, 0.1) is 0 Å². The lowest BCUT2D eigenvalue weighted by Gasteiger charge is -2.39. The van der Waals surface area contributed by atoms with Crippen molar-refractivity contribution in [1.82, 2.24) is 20.9 Å². The maximum Gasteiger partial charge on any atom is 0.0814 e. The van der Waals surface area contributed by atoms with E-state index in [2.05, 4.69) is 63.5 Å². The third kappa shape index (κ3) is 4.03. The third-order valence-corrected chi connectivity index (χ3v) is 7.93. The van der Waals surface area contributed by atoms with E-state index in [-0.39, 0.29) is 6.04 Å². The summed E-state index contributed by atoms with van der Waals surface area (Å²) in [6, 6.07) is 16.2. The molecule has 0 saturated heterocycles. The maximum absolute atomic E-state index is 6.28. The Hall–Kier alpha value is -2.47. The molecule has 0 spiro atoms. The van der Waals surface area contributed by atoms with E-state index in [0.29, 0.717) is 0 Å². The van der Waals surface area contributed by atoms with Gasteiger partial charge < -0.3 is 10.7 Å². The van der Waals surface area contributed by atoms with Gasteiger partial charge in [-0.25, -0.2) is 0 Å². The van der Waals surface area contributed by atoms with E-state index in [9.17, 15) is 0 Å². The van der Waals surface area contributed by atoms with E-state index < -0.39 is 0 Å².